The maximum Gasteiger partial charge on any atom is 0.242 e. The summed E-state index contributed by atoms with van der Waals surface area (Å²) in [5.74, 6) is 0.503. The zero-order valence-corrected chi connectivity index (χ0v) is 12.3. The van der Waals surface area contributed by atoms with Gasteiger partial charge in [0.05, 0.1) is 23.9 Å². The summed E-state index contributed by atoms with van der Waals surface area (Å²) in [6, 6.07) is 7.19. The molecule has 0 saturated carbocycles. The first kappa shape index (κ1) is 15.1. The zero-order chi connectivity index (χ0) is 14.8. The Morgan fingerprint density at radius 1 is 1.40 bits per heavy atom. The maximum atomic E-state index is 12.3. The highest BCUT2D eigenvalue weighted by Crippen LogP contribution is 2.24. The Balaban J connectivity index is 2.31. The molecule has 1 atom stereocenters. The number of rotatable bonds is 5. The van der Waals surface area contributed by atoms with Gasteiger partial charge in [-0.25, -0.2) is 13.1 Å². The van der Waals surface area contributed by atoms with Gasteiger partial charge in [0.15, 0.2) is 0 Å². The molecule has 0 aliphatic rings. The van der Waals surface area contributed by atoms with Crippen molar-refractivity contribution in [3.05, 3.63) is 52.9 Å². The number of benzene rings is 1. The van der Waals surface area contributed by atoms with Crippen molar-refractivity contribution in [2.45, 2.75) is 24.5 Å². The van der Waals surface area contributed by atoms with Crippen molar-refractivity contribution in [3.8, 4) is 0 Å². The van der Waals surface area contributed by atoms with Crippen LogP contribution < -0.4 is 4.72 Å². The third-order valence-corrected chi connectivity index (χ3v) is 4.79. The monoisotopic (exact) mass is 315 g/mol. The number of nitrogens with one attached hydrogen (secondary N) is 1. The summed E-state index contributed by atoms with van der Waals surface area (Å²) in [7, 11) is -3.80. The van der Waals surface area contributed by atoms with E-state index in [0.29, 0.717) is 11.3 Å². The largest absolute Gasteiger partial charge is 0.468 e. The fourth-order valence-electron chi connectivity index (χ4n) is 1.74. The summed E-state index contributed by atoms with van der Waals surface area (Å²) in [6.45, 7) is 1.41. The quantitative estimate of drug-likeness (QED) is 0.888. The number of sulfonamides is 1. The molecular formula is C13H14ClNO4S. The molecule has 0 radical (unpaired) electrons. The predicted octanol–water partition coefficient (Wildman–Crippen LogP) is 2.46. The average Bonchev–Trinajstić information content (AvgIpc) is 2.92. The maximum absolute atomic E-state index is 12.3. The average molecular weight is 316 g/mol. The standard InChI is InChI=1S/C13H14ClNO4S/c1-9(12-3-2-6-19-12)15-20(17,18)13-7-10(8-16)4-5-11(13)14/h2-7,9,15-16H,8H2,1H3. The van der Waals surface area contributed by atoms with Crippen LogP contribution in [0.25, 0.3) is 0 Å². The number of aliphatic hydroxyl groups is 1. The number of furan rings is 1. The highest BCUT2D eigenvalue weighted by molar-refractivity contribution is 7.89. The molecule has 2 aromatic rings. The van der Waals surface area contributed by atoms with Crippen molar-refractivity contribution >= 4 is 21.6 Å². The first-order valence-electron chi connectivity index (χ1n) is 5.89. The summed E-state index contributed by atoms with van der Waals surface area (Å²) < 4.78 is 32.2. The van der Waals surface area contributed by atoms with E-state index >= 15 is 0 Å². The van der Waals surface area contributed by atoms with Crippen LogP contribution in [0.4, 0.5) is 0 Å². The highest BCUT2D eigenvalue weighted by Gasteiger charge is 2.22. The second-order valence-electron chi connectivity index (χ2n) is 4.28. The molecule has 20 heavy (non-hydrogen) atoms. The van der Waals surface area contributed by atoms with E-state index in [4.69, 9.17) is 21.1 Å². The van der Waals surface area contributed by atoms with Gasteiger partial charge in [-0.05, 0) is 36.8 Å². The smallest absolute Gasteiger partial charge is 0.242 e. The molecule has 0 aliphatic heterocycles. The third-order valence-electron chi connectivity index (χ3n) is 2.77. The first-order chi connectivity index (χ1) is 9.44. The molecule has 2 N–H and O–H groups in total. The van der Waals surface area contributed by atoms with Gasteiger partial charge in [-0.15, -0.1) is 0 Å². The van der Waals surface area contributed by atoms with Crippen molar-refractivity contribution in [1.82, 2.24) is 4.72 Å². The summed E-state index contributed by atoms with van der Waals surface area (Å²) in [6.07, 6.45) is 1.47. The minimum Gasteiger partial charge on any atom is -0.468 e. The van der Waals surface area contributed by atoms with Gasteiger partial charge in [-0.2, -0.15) is 0 Å². The van der Waals surface area contributed by atoms with E-state index in [1.165, 1.54) is 18.4 Å². The summed E-state index contributed by atoms with van der Waals surface area (Å²) >= 11 is 5.92. The van der Waals surface area contributed by atoms with Gasteiger partial charge < -0.3 is 9.52 Å². The molecule has 1 unspecified atom stereocenters. The normalized spacial score (nSPS) is 13.3. The second-order valence-corrected chi connectivity index (χ2v) is 6.37. The highest BCUT2D eigenvalue weighted by atomic mass is 35.5. The van der Waals surface area contributed by atoms with Gasteiger partial charge in [0, 0.05) is 0 Å². The SMILES string of the molecule is CC(NS(=O)(=O)c1cc(CO)ccc1Cl)c1ccco1. The van der Waals surface area contributed by atoms with Gasteiger partial charge >= 0.3 is 0 Å². The lowest BCUT2D eigenvalue weighted by Gasteiger charge is -2.13. The van der Waals surface area contributed by atoms with E-state index in [1.54, 1.807) is 25.1 Å². The Morgan fingerprint density at radius 3 is 2.75 bits per heavy atom. The Morgan fingerprint density at radius 2 is 2.15 bits per heavy atom. The zero-order valence-electron chi connectivity index (χ0n) is 10.7. The molecule has 1 aromatic heterocycles. The second kappa shape index (κ2) is 5.97. The minimum atomic E-state index is -3.80. The molecule has 0 bridgehead atoms. The van der Waals surface area contributed by atoms with Crippen LogP contribution in [-0.2, 0) is 16.6 Å². The predicted molar refractivity (Wildman–Crippen MR) is 74.8 cm³/mol. The molecule has 0 aliphatic carbocycles. The minimum absolute atomic E-state index is 0.0656. The van der Waals surface area contributed by atoms with Crippen LogP contribution in [0.5, 0.6) is 0 Å². The fourth-order valence-corrected chi connectivity index (χ4v) is 3.51. The van der Waals surface area contributed by atoms with E-state index in [0.717, 1.165) is 0 Å². The van der Waals surface area contributed by atoms with Crippen LogP contribution >= 0.6 is 11.6 Å². The van der Waals surface area contributed by atoms with Crippen LogP contribution in [-0.4, -0.2) is 13.5 Å². The van der Waals surface area contributed by atoms with Crippen molar-refractivity contribution in [2.75, 3.05) is 0 Å². The van der Waals surface area contributed by atoms with Crippen LogP contribution in [0.2, 0.25) is 5.02 Å². The Labute approximate surface area is 122 Å². The summed E-state index contributed by atoms with van der Waals surface area (Å²) in [5, 5.41) is 9.18. The number of aliphatic hydroxyl groups excluding tert-OH is 1. The van der Waals surface area contributed by atoms with Crippen molar-refractivity contribution < 1.29 is 17.9 Å². The van der Waals surface area contributed by atoms with Gasteiger partial charge in [-0.1, -0.05) is 17.7 Å². The Hall–Kier alpha value is -1.34. The van der Waals surface area contributed by atoms with E-state index in [-0.39, 0.29) is 16.5 Å². The van der Waals surface area contributed by atoms with E-state index < -0.39 is 16.1 Å². The molecular weight excluding hydrogens is 302 g/mol. The lowest BCUT2D eigenvalue weighted by atomic mass is 10.2. The third kappa shape index (κ3) is 3.21. The van der Waals surface area contributed by atoms with Gasteiger partial charge in [0.1, 0.15) is 10.7 Å². The molecule has 108 valence electrons. The molecule has 0 amide bonds. The van der Waals surface area contributed by atoms with Crippen molar-refractivity contribution in [2.24, 2.45) is 0 Å². The molecule has 0 fully saturated rings. The molecule has 7 heteroatoms. The summed E-state index contributed by atoms with van der Waals surface area (Å²) in [5.41, 5.74) is 0.473. The number of hydrogen-bond acceptors (Lipinski definition) is 4. The molecule has 1 aromatic carbocycles. The van der Waals surface area contributed by atoms with Gasteiger partial charge in [0.25, 0.3) is 0 Å². The van der Waals surface area contributed by atoms with Crippen LogP contribution in [0.1, 0.15) is 24.3 Å². The topological polar surface area (TPSA) is 79.5 Å². The van der Waals surface area contributed by atoms with Crippen LogP contribution in [0.3, 0.4) is 0 Å². The van der Waals surface area contributed by atoms with Crippen LogP contribution in [0.15, 0.2) is 45.9 Å². The van der Waals surface area contributed by atoms with Crippen molar-refractivity contribution in [1.29, 1.82) is 0 Å². The first-order valence-corrected chi connectivity index (χ1v) is 7.75. The van der Waals surface area contributed by atoms with Crippen molar-refractivity contribution in [3.63, 3.8) is 0 Å². The molecule has 0 saturated heterocycles. The van der Waals surface area contributed by atoms with Gasteiger partial charge in [-0.3, -0.25) is 0 Å². The van der Waals surface area contributed by atoms with E-state index in [9.17, 15) is 8.42 Å². The molecule has 2 rings (SSSR count). The Kier molecular flexibility index (Phi) is 4.49. The van der Waals surface area contributed by atoms with E-state index in [2.05, 4.69) is 4.72 Å². The number of halogens is 1. The number of hydrogen-bond donors (Lipinski definition) is 2. The molecule has 0 spiro atoms. The lowest BCUT2D eigenvalue weighted by Crippen LogP contribution is -2.27. The fraction of sp³-hybridized carbons (Fsp3) is 0.231. The molecule has 1 heterocycles. The summed E-state index contributed by atoms with van der Waals surface area (Å²) in [4.78, 5) is -0.0656. The van der Waals surface area contributed by atoms with Crippen LogP contribution in [0, 0.1) is 0 Å². The molecule has 5 nitrogen and oxygen atoms in total. The van der Waals surface area contributed by atoms with E-state index in [1.807, 2.05) is 0 Å². The van der Waals surface area contributed by atoms with Gasteiger partial charge in [0.2, 0.25) is 10.0 Å². The lowest BCUT2D eigenvalue weighted by molar-refractivity contribution is 0.281. The Bertz CT molecular complexity index is 682.